The first-order valence-corrected chi connectivity index (χ1v) is 13.7. The predicted octanol–water partition coefficient (Wildman–Crippen LogP) is 7.17. The number of Topliss-reactive ketones (excluding diaryl/α,β-unsaturated/α-hetero) is 1. The van der Waals surface area contributed by atoms with E-state index in [-0.39, 0.29) is 23.2 Å². The van der Waals surface area contributed by atoms with Crippen molar-refractivity contribution in [2.75, 3.05) is 4.90 Å². The number of carbonyl (C=O) groups is 4. The Morgan fingerprint density at radius 2 is 1.48 bits per heavy atom. The number of ketones is 1. The molecule has 0 fully saturated rings. The van der Waals surface area contributed by atoms with Crippen LogP contribution in [0.3, 0.4) is 0 Å². The van der Waals surface area contributed by atoms with Crippen LogP contribution in [0.2, 0.25) is 5.02 Å². The number of benzene rings is 4. The van der Waals surface area contributed by atoms with E-state index in [4.69, 9.17) is 21.3 Å². The summed E-state index contributed by atoms with van der Waals surface area (Å²) in [4.78, 5) is 58.3. The van der Waals surface area contributed by atoms with Gasteiger partial charge >= 0.3 is 5.97 Å². The van der Waals surface area contributed by atoms with Gasteiger partial charge in [0.2, 0.25) is 5.78 Å². The van der Waals surface area contributed by atoms with E-state index in [1.165, 1.54) is 0 Å². The van der Waals surface area contributed by atoms with Gasteiger partial charge in [-0.1, -0.05) is 85.3 Å². The molecule has 2 heterocycles. The molecule has 42 heavy (non-hydrogen) atoms. The van der Waals surface area contributed by atoms with Crippen molar-refractivity contribution >= 4 is 51.8 Å². The van der Waals surface area contributed by atoms with Gasteiger partial charge in [-0.3, -0.25) is 14.4 Å². The molecule has 0 saturated carbocycles. The molecule has 0 spiro atoms. The average molecular weight is 575 g/mol. The van der Waals surface area contributed by atoms with Crippen molar-refractivity contribution in [2.45, 2.75) is 19.4 Å². The van der Waals surface area contributed by atoms with Crippen LogP contribution in [0.5, 0.6) is 0 Å². The Labute approximate surface area is 246 Å². The molecule has 0 N–H and O–H groups in total. The fourth-order valence-corrected chi connectivity index (χ4v) is 5.26. The zero-order valence-electron chi connectivity index (χ0n) is 22.4. The Morgan fingerprint density at radius 3 is 2.12 bits per heavy atom. The number of anilines is 1. The topological polar surface area (TPSA) is 93.6 Å². The molecule has 6 rings (SSSR count). The number of pyridine rings is 1. The van der Waals surface area contributed by atoms with E-state index in [0.717, 1.165) is 4.90 Å². The normalized spacial score (nSPS) is 13.2. The third-order valence-corrected chi connectivity index (χ3v) is 7.50. The van der Waals surface area contributed by atoms with Gasteiger partial charge in [0.25, 0.3) is 11.8 Å². The first-order chi connectivity index (χ1) is 20.4. The van der Waals surface area contributed by atoms with E-state index < -0.39 is 12.1 Å². The first kappa shape index (κ1) is 27.1. The molecule has 0 aliphatic carbocycles. The van der Waals surface area contributed by atoms with Gasteiger partial charge < -0.3 is 4.74 Å². The van der Waals surface area contributed by atoms with Crippen LogP contribution in [0.4, 0.5) is 5.69 Å². The van der Waals surface area contributed by atoms with E-state index in [1.807, 2.05) is 6.07 Å². The molecule has 0 radical (unpaired) electrons. The molecule has 7 nitrogen and oxygen atoms in total. The van der Waals surface area contributed by atoms with Crippen LogP contribution in [0.15, 0.2) is 103 Å². The molecule has 1 atom stereocenters. The molecule has 0 bridgehead atoms. The van der Waals surface area contributed by atoms with Crippen molar-refractivity contribution in [3.05, 3.63) is 130 Å². The zero-order valence-corrected chi connectivity index (χ0v) is 23.2. The number of hydrogen-bond donors (Lipinski definition) is 0. The van der Waals surface area contributed by atoms with Crippen LogP contribution in [0, 0.1) is 0 Å². The smallest absolute Gasteiger partial charge is 0.339 e. The SMILES string of the molecule is CCC(OC(=O)c1cc(-c2ccc(N3C(=O)c4ccccc4C3=O)cc2)nc2c(Cl)cccc12)C(=O)c1ccccc1. The van der Waals surface area contributed by atoms with Gasteiger partial charge in [-0.05, 0) is 42.8 Å². The molecule has 206 valence electrons. The highest BCUT2D eigenvalue weighted by molar-refractivity contribution is 6.35. The van der Waals surface area contributed by atoms with Gasteiger partial charge in [0, 0.05) is 16.5 Å². The summed E-state index contributed by atoms with van der Waals surface area (Å²) in [5.74, 6) is -1.74. The van der Waals surface area contributed by atoms with Gasteiger partial charge in [-0.25, -0.2) is 14.7 Å². The molecular weight excluding hydrogens is 552 g/mol. The number of nitrogens with zero attached hydrogens (tertiary/aromatic N) is 2. The summed E-state index contributed by atoms with van der Waals surface area (Å²) in [6.45, 7) is 1.78. The van der Waals surface area contributed by atoms with E-state index in [2.05, 4.69) is 0 Å². The number of imide groups is 1. The number of fused-ring (bicyclic) bond motifs is 2. The second kappa shape index (κ2) is 11.0. The van der Waals surface area contributed by atoms with Gasteiger partial charge in [-0.15, -0.1) is 0 Å². The molecule has 1 aromatic heterocycles. The summed E-state index contributed by atoms with van der Waals surface area (Å²) in [6.07, 6.45) is -0.667. The number of rotatable bonds is 7. The molecule has 4 aromatic carbocycles. The molecule has 1 unspecified atom stereocenters. The van der Waals surface area contributed by atoms with E-state index in [1.54, 1.807) is 104 Å². The molecule has 8 heteroatoms. The van der Waals surface area contributed by atoms with Gasteiger partial charge in [0.15, 0.2) is 6.10 Å². The van der Waals surface area contributed by atoms with E-state index in [9.17, 15) is 19.2 Å². The number of hydrogen-bond acceptors (Lipinski definition) is 6. The molecule has 2 amide bonds. The summed E-state index contributed by atoms with van der Waals surface area (Å²) >= 11 is 6.49. The van der Waals surface area contributed by atoms with Crippen molar-refractivity contribution in [2.24, 2.45) is 0 Å². The largest absolute Gasteiger partial charge is 0.450 e. The van der Waals surface area contributed by atoms with Crippen LogP contribution in [0.1, 0.15) is 54.8 Å². The molecule has 0 saturated heterocycles. The lowest BCUT2D eigenvalue weighted by atomic mass is 10.0. The Balaban J connectivity index is 1.34. The molecular formula is C34H23ClN2O5. The molecule has 1 aliphatic rings. The van der Waals surface area contributed by atoms with E-state index in [0.29, 0.717) is 56.0 Å². The number of aromatic nitrogens is 1. The number of carbonyl (C=O) groups excluding carboxylic acids is 4. The fraction of sp³-hybridized carbons (Fsp3) is 0.0882. The predicted molar refractivity (Wildman–Crippen MR) is 160 cm³/mol. The minimum absolute atomic E-state index is 0.209. The van der Waals surface area contributed by atoms with E-state index >= 15 is 0 Å². The fourth-order valence-electron chi connectivity index (χ4n) is 5.04. The lowest BCUT2D eigenvalue weighted by Gasteiger charge is -2.17. The molecule has 5 aromatic rings. The van der Waals surface area contributed by atoms with Crippen LogP contribution >= 0.6 is 11.6 Å². The van der Waals surface area contributed by atoms with Crippen molar-refractivity contribution in [3.63, 3.8) is 0 Å². The van der Waals surface area contributed by atoms with Crippen molar-refractivity contribution < 1.29 is 23.9 Å². The summed E-state index contributed by atoms with van der Waals surface area (Å²) < 4.78 is 5.74. The summed E-state index contributed by atoms with van der Waals surface area (Å²) in [5, 5.41) is 0.833. The van der Waals surface area contributed by atoms with Gasteiger partial charge in [-0.2, -0.15) is 0 Å². The maximum atomic E-state index is 13.5. The standard InChI is InChI=1S/C34H23ClN2O5/c1-2-29(31(38)21-9-4-3-5-10-21)42-34(41)26-19-28(36-30-23(26)13-8-14-27(30)35)20-15-17-22(18-16-20)37-32(39)24-11-6-7-12-25(24)33(37)40/h3-19,29H,2H2,1H3. The third kappa shape index (κ3) is 4.74. The summed E-state index contributed by atoms with van der Waals surface area (Å²) in [6, 6.07) is 28.8. The highest BCUT2D eigenvalue weighted by Gasteiger charge is 2.36. The second-order valence-electron chi connectivity index (χ2n) is 9.76. The number of ether oxygens (including phenoxy) is 1. The highest BCUT2D eigenvalue weighted by Crippen LogP contribution is 2.33. The minimum Gasteiger partial charge on any atom is -0.450 e. The number of esters is 1. The zero-order chi connectivity index (χ0) is 29.4. The minimum atomic E-state index is -0.968. The van der Waals surface area contributed by atoms with Gasteiger partial charge in [0.05, 0.1) is 38.6 Å². The average Bonchev–Trinajstić information content (AvgIpc) is 3.29. The number of para-hydroxylation sites is 1. The lowest BCUT2D eigenvalue weighted by molar-refractivity contribution is 0.0279. The van der Waals surface area contributed by atoms with Crippen molar-refractivity contribution in [3.8, 4) is 11.3 Å². The van der Waals surface area contributed by atoms with Crippen molar-refractivity contribution in [1.29, 1.82) is 0 Å². The lowest BCUT2D eigenvalue weighted by Crippen LogP contribution is -2.29. The summed E-state index contributed by atoms with van der Waals surface area (Å²) in [7, 11) is 0. The number of amides is 2. The number of halogens is 1. The van der Waals surface area contributed by atoms with Crippen LogP contribution in [-0.2, 0) is 4.74 Å². The second-order valence-corrected chi connectivity index (χ2v) is 10.2. The van der Waals surface area contributed by atoms with Crippen LogP contribution in [-0.4, -0.2) is 34.7 Å². The monoisotopic (exact) mass is 574 g/mol. The Morgan fingerprint density at radius 1 is 0.833 bits per heavy atom. The van der Waals surface area contributed by atoms with Crippen LogP contribution < -0.4 is 4.90 Å². The third-order valence-electron chi connectivity index (χ3n) is 7.20. The Hall–Kier alpha value is -5.14. The Bertz CT molecular complexity index is 1850. The van der Waals surface area contributed by atoms with Gasteiger partial charge in [0.1, 0.15) is 0 Å². The van der Waals surface area contributed by atoms with Crippen LogP contribution in [0.25, 0.3) is 22.2 Å². The Kier molecular flexibility index (Phi) is 7.10. The van der Waals surface area contributed by atoms with Crippen molar-refractivity contribution in [1.82, 2.24) is 4.98 Å². The maximum absolute atomic E-state index is 13.5. The quantitative estimate of drug-likeness (QED) is 0.116. The maximum Gasteiger partial charge on any atom is 0.339 e. The summed E-state index contributed by atoms with van der Waals surface area (Å²) in [5.41, 5.74) is 3.25. The molecule has 1 aliphatic heterocycles. The highest BCUT2D eigenvalue weighted by atomic mass is 35.5. The first-order valence-electron chi connectivity index (χ1n) is 13.3.